The van der Waals surface area contributed by atoms with Gasteiger partial charge in [-0.05, 0) is 30.5 Å². The topological polar surface area (TPSA) is 76.4 Å². The van der Waals surface area contributed by atoms with E-state index in [-0.39, 0.29) is 5.91 Å². The summed E-state index contributed by atoms with van der Waals surface area (Å²) in [7, 11) is 0. The third-order valence-corrected chi connectivity index (χ3v) is 6.38. The number of rotatable bonds is 4. The van der Waals surface area contributed by atoms with Gasteiger partial charge in [-0.1, -0.05) is 30.3 Å². The van der Waals surface area contributed by atoms with Crippen molar-refractivity contribution in [3.05, 3.63) is 66.7 Å². The molecule has 0 bridgehead atoms. The molecule has 2 saturated heterocycles. The second kappa shape index (κ2) is 8.47. The summed E-state index contributed by atoms with van der Waals surface area (Å²) >= 11 is 0. The molecule has 0 radical (unpaired) electrons. The van der Waals surface area contributed by atoms with Gasteiger partial charge in [0.05, 0.1) is 5.41 Å². The first kappa shape index (κ1) is 19.7. The summed E-state index contributed by atoms with van der Waals surface area (Å²) in [5.74, 6) is 1.79. The number of hydrogen-bond acceptors (Lipinski definition) is 6. The Hall–Kier alpha value is -3.26. The third kappa shape index (κ3) is 3.79. The number of aromatic nitrogens is 4. The van der Waals surface area contributed by atoms with Gasteiger partial charge in [-0.25, -0.2) is 4.98 Å². The molecule has 0 aliphatic carbocycles. The molecule has 1 aromatic carbocycles. The minimum absolute atomic E-state index is 0.225. The molecule has 0 saturated carbocycles. The van der Waals surface area contributed by atoms with E-state index >= 15 is 0 Å². The highest BCUT2D eigenvalue weighted by molar-refractivity contribution is 5.88. The Morgan fingerprint density at radius 3 is 2.26 bits per heavy atom. The molecule has 8 nitrogen and oxygen atoms in total. The van der Waals surface area contributed by atoms with Crippen LogP contribution in [-0.2, 0) is 14.9 Å². The zero-order chi connectivity index (χ0) is 21.1. The first-order chi connectivity index (χ1) is 15.3. The van der Waals surface area contributed by atoms with Crippen LogP contribution in [0.5, 0.6) is 0 Å². The molecule has 5 rings (SSSR count). The second-order valence-electron chi connectivity index (χ2n) is 8.06. The Labute approximate surface area is 181 Å². The minimum atomic E-state index is -0.478. The summed E-state index contributed by atoms with van der Waals surface area (Å²) in [6.07, 6.45) is 6.72. The number of benzene rings is 1. The van der Waals surface area contributed by atoms with Crippen molar-refractivity contribution in [1.29, 1.82) is 0 Å². The Kier molecular flexibility index (Phi) is 5.38. The molecular formula is C23H26N6O2. The van der Waals surface area contributed by atoms with Gasteiger partial charge in [-0.15, -0.1) is 10.2 Å². The number of anilines is 1. The van der Waals surface area contributed by atoms with Crippen molar-refractivity contribution >= 4 is 11.7 Å². The summed E-state index contributed by atoms with van der Waals surface area (Å²) in [5, 5.41) is 8.70. The van der Waals surface area contributed by atoms with Crippen molar-refractivity contribution in [2.75, 3.05) is 44.3 Å². The highest BCUT2D eigenvalue weighted by atomic mass is 16.5. The quantitative estimate of drug-likeness (QED) is 0.646. The van der Waals surface area contributed by atoms with Crippen LogP contribution < -0.4 is 4.90 Å². The largest absolute Gasteiger partial charge is 0.381 e. The molecule has 8 heteroatoms. The predicted octanol–water partition coefficient (Wildman–Crippen LogP) is 2.06. The maximum atomic E-state index is 13.7. The van der Waals surface area contributed by atoms with Gasteiger partial charge >= 0.3 is 0 Å². The lowest BCUT2D eigenvalue weighted by molar-refractivity contribution is -0.141. The first-order valence-electron chi connectivity index (χ1n) is 10.8. The zero-order valence-corrected chi connectivity index (χ0v) is 17.4. The number of amides is 1. The Balaban J connectivity index is 1.28. The van der Waals surface area contributed by atoms with Crippen molar-refractivity contribution in [3.8, 4) is 5.82 Å². The average molecular weight is 419 g/mol. The summed E-state index contributed by atoms with van der Waals surface area (Å²) in [4.78, 5) is 22.0. The van der Waals surface area contributed by atoms with E-state index in [2.05, 4.69) is 32.2 Å². The van der Waals surface area contributed by atoms with Gasteiger partial charge in [0.15, 0.2) is 11.6 Å². The van der Waals surface area contributed by atoms with Crippen LogP contribution in [0.25, 0.3) is 5.82 Å². The van der Waals surface area contributed by atoms with Crippen LogP contribution in [0.2, 0.25) is 0 Å². The van der Waals surface area contributed by atoms with Crippen LogP contribution in [-0.4, -0.2) is 69.9 Å². The molecule has 2 aromatic heterocycles. The van der Waals surface area contributed by atoms with Crippen molar-refractivity contribution in [2.24, 2.45) is 0 Å². The molecular weight excluding hydrogens is 392 g/mol. The van der Waals surface area contributed by atoms with Crippen LogP contribution in [0.15, 0.2) is 61.2 Å². The molecule has 0 unspecified atom stereocenters. The van der Waals surface area contributed by atoms with Gasteiger partial charge < -0.3 is 14.5 Å². The fourth-order valence-electron chi connectivity index (χ4n) is 4.56. The summed E-state index contributed by atoms with van der Waals surface area (Å²) in [6.45, 7) is 4.09. The van der Waals surface area contributed by atoms with Crippen molar-refractivity contribution in [3.63, 3.8) is 0 Å². The normalized spacial score (nSPS) is 18.7. The number of hydrogen-bond donors (Lipinski definition) is 0. The van der Waals surface area contributed by atoms with Crippen LogP contribution >= 0.6 is 0 Å². The van der Waals surface area contributed by atoms with E-state index in [4.69, 9.17) is 4.74 Å². The van der Waals surface area contributed by atoms with Gasteiger partial charge in [0, 0.05) is 51.8 Å². The summed E-state index contributed by atoms with van der Waals surface area (Å²) in [6, 6.07) is 14.1. The summed E-state index contributed by atoms with van der Waals surface area (Å²) < 4.78 is 7.42. The molecule has 2 aliphatic heterocycles. The second-order valence-corrected chi connectivity index (χ2v) is 8.06. The molecule has 0 spiro atoms. The maximum absolute atomic E-state index is 13.7. The van der Waals surface area contributed by atoms with Crippen LogP contribution in [0.1, 0.15) is 18.4 Å². The zero-order valence-electron chi connectivity index (χ0n) is 17.4. The monoisotopic (exact) mass is 418 g/mol. The highest BCUT2D eigenvalue weighted by Gasteiger charge is 2.44. The molecule has 0 atom stereocenters. The lowest BCUT2D eigenvalue weighted by Crippen LogP contribution is -2.56. The van der Waals surface area contributed by atoms with E-state index in [0.717, 1.165) is 43.1 Å². The van der Waals surface area contributed by atoms with Gasteiger partial charge in [0.25, 0.3) is 0 Å². The van der Waals surface area contributed by atoms with E-state index in [9.17, 15) is 4.79 Å². The Morgan fingerprint density at radius 2 is 1.61 bits per heavy atom. The van der Waals surface area contributed by atoms with Gasteiger partial charge in [-0.2, -0.15) is 0 Å². The van der Waals surface area contributed by atoms with E-state index in [0.29, 0.717) is 26.3 Å². The molecule has 31 heavy (non-hydrogen) atoms. The predicted molar refractivity (Wildman–Crippen MR) is 116 cm³/mol. The number of carbonyl (C=O) groups is 1. The molecule has 3 aromatic rings. The Morgan fingerprint density at radius 1 is 0.903 bits per heavy atom. The van der Waals surface area contributed by atoms with E-state index < -0.39 is 5.41 Å². The fourth-order valence-corrected chi connectivity index (χ4v) is 4.56. The van der Waals surface area contributed by atoms with Crippen molar-refractivity contribution in [1.82, 2.24) is 24.6 Å². The smallest absolute Gasteiger partial charge is 0.233 e. The maximum Gasteiger partial charge on any atom is 0.233 e. The highest BCUT2D eigenvalue weighted by Crippen LogP contribution is 2.37. The number of nitrogens with zero attached hydrogens (tertiary/aromatic N) is 6. The standard InChI is InChI=1S/C23H26N6O2/c30-22(23(8-16-31-17-9-23)19-4-2-1-3-5-19)28-14-12-27(13-15-28)20-6-7-21(26-25-20)29-11-10-24-18-29/h1-7,10-11,18H,8-9,12-17H2. The fraction of sp³-hybridized carbons (Fsp3) is 0.391. The third-order valence-electron chi connectivity index (χ3n) is 6.38. The van der Waals surface area contributed by atoms with Crippen LogP contribution in [0, 0.1) is 0 Å². The van der Waals surface area contributed by atoms with Crippen LogP contribution in [0.3, 0.4) is 0 Å². The number of imidazole rings is 1. The van der Waals surface area contributed by atoms with Crippen LogP contribution in [0.4, 0.5) is 5.82 Å². The molecule has 2 aliphatic rings. The average Bonchev–Trinajstić information content (AvgIpc) is 3.40. The molecule has 4 heterocycles. The SMILES string of the molecule is O=C(N1CCN(c2ccc(-n3ccnc3)nn2)CC1)C1(c2ccccc2)CCOCC1. The minimum Gasteiger partial charge on any atom is -0.381 e. The van der Waals surface area contributed by atoms with E-state index in [1.54, 1.807) is 12.5 Å². The first-order valence-corrected chi connectivity index (χ1v) is 10.8. The molecule has 1 amide bonds. The van der Waals surface area contributed by atoms with Gasteiger partial charge in [0.2, 0.25) is 5.91 Å². The van der Waals surface area contributed by atoms with Gasteiger partial charge in [0.1, 0.15) is 6.33 Å². The van der Waals surface area contributed by atoms with Gasteiger partial charge in [-0.3, -0.25) is 9.36 Å². The van der Waals surface area contributed by atoms with Crippen molar-refractivity contribution < 1.29 is 9.53 Å². The lowest BCUT2D eigenvalue weighted by Gasteiger charge is -2.43. The molecule has 160 valence electrons. The summed E-state index contributed by atoms with van der Waals surface area (Å²) in [5.41, 5.74) is 0.625. The number of carbonyl (C=O) groups excluding carboxylic acids is 1. The molecule has 0 N–H and O–H groups in total. The lowest BCUT2D eigenvalue weighted by atomic mass is 9.73. The van der Waals surface area contributed by atoms with E-state index in [1.165, 1.54) is 0 Å². The Bertz CT molecular complexity index is 992. The number of piperazine rings is 1. The molecule has 2 fully saturated rings. The number of ether oxygens (including phenoxy) is 1. The van der Waals surface area contributed by atoms with Crippen molar-refractivity contribution in [2.45, 2.75) is 18.3 Å². The van der Waals surface area contributed by atoms with E-state index in [1.807, 2.05) is 46.0 Å².